The number of rotatable bonds is 2. The third-order valence-corrected chi connectivity index (χ3v) is 0.816. The second kappa shape index (κ2) is 24.2. The zero-order valence-electron chi connectivity index (χ0n) is 7.28. The molecule has 0 rings (SSSR count). The summed E-state index contributed by atoms with van der Waals surface area (Å²) < 4.78 is 0. The van der Waals surface area contributed by atoms with E-state index in [1.165, 1.54) is 12.8 Å². The van der Waals surface area contributed by atoms with Gasteiger partial charge in [-0.2, -0.15) is 26.7 Å². The average molecular weight is 123 g/mol. The summed E-state index contributed by atoms with van der Waals surface area (Å²) in [6.07, 6.45) is 6.64. The summed E-state index contributed by atoms with van der Waals surface area (Å²) in [5.74, 6) is 0. The Bertz CT molecular complexity index is 12.5. The molecule has 1 heteroatoms. The number of unbranched alkanes of at least 4 members (excludes halogenated alkanes) is 2. The molecule has 0 radical (unpaired) electrons. The summed E-state index contributed by atoms with van der Waals surface area (Å²) in [5.41, 5.74) is 0. The van der Waals surface area contributed by atoms with E-state index >= 15 is 0 Å². The van der Waals surface area contributed by atoms with Gasteiger partial charge < -0.3 is 12.8 Å². The normalized spacial score (nSPS) is 6.67. The maximum atomic E-state index is 2.12. The molecule has 9 heavy (non-hydrogen) atoms. The van der Waals surface area contributed by atoms with Crippen molar-refractivity contribution in [3.05, 3.63) is 12.8 Å². The van der Waals surface area contributed by atoms with Gasteiger partial charge in [-0.3, -0.25) is 0 Å². The Morgan fingerprint density at radius 3 is 1.00 bits per heavy atom. The first-order valence-corrected chi connectivity index (χ1v) is 3.39. The quantitative estimate of drug-likeness (QED) is 0.391. The molecule has 0 N–H and O–H groups in total. The number of hydrogen-bond acceptors (Lipinski definition) is 0. The van der Waals surface area contributed by atoms with E-state index in [1.807, 2.05) is 0 Å². The van der Waals surface area contributed by atoms with Crippen LogP contribution in [0.5, 0.6) is 0 Å². The topological polar surface area (TPSA) is 0 Å². The van der Waals surface area contributed by atoms with Gasteiger partial charge in [0, 0.05) is 0 Å². The monoisotopic (exact) mass is 123 g/mol. The van der Waals surface area contributed by atoms with Crippen LogP contribution in [-0.2, 0) is 0 Å². The maximum absolute atomic E-state index is 2.12. The van der Waals surface area contributed by atoms with Crippen molar-refractivity contribution in [2.45, 2.75) is 40.5 Å². The van der Waals surface area contributed by atoms with Gasteiger partial charge in [0.1, 0.15) is 0 Å². The van der Waals surface area contributed by atoms with Crippen LogP contribution in [-0.4, -0.2) is 10.1 Å². The van der Waals surface area contributed by atoms with Crippen molar-refractivity contribution in [3.8, 4) is 0 Å². The Morgan fingerprint density at radius 2 is 1.00 bits per heavy atom. The molecule has 0 saturated heterocycles. The molecule has 52 valence electrons. The second-order valence-corrected chi connectivity index (χ2v) is 1.63. The van der Waals surface area contributed by atoms with Crippen LogP contribution < -0.4 is 0 Å². The first-order chi connectivity index (χ1) is 3.83. The van der Waals surface area contributed by atoms with Gasteiger partial charge in [0.15, 0.2) is 0 Å². The molecule has 0 aliphatic carbocycles. The maximum Gasteiger partial charge on any atom is 2.00 e. The van der Waals surface area contributed by atoms with Crippen molar-refractivity contribution in [3.63, 3.8) is 0 Å². The fourth-order valence-corrected chi connectivity index (χ4v) is 0. The van der Waals surface area contributed by atoms with Crippen molar-refractivity contribution >= 4 is 10.1 Å². The van der Waals surface area contributed by atoms with Crippen LogP contribution in [0.1, 0.15) is 40.5 Å². The molecule has 0 unspecified atom stereocenters. The third kappa shape index (κ3) is 66.1. The molecular weight excluding hydrogens is 105 g/mol. The first-order valence-electron chi connectivity index (χ1n) is 3.39. The molecule has 0 spiro atoms. The van der Waals surface area contributed by atoms with E-state index in [0.717, 1.165) is 0 Å². The van der Waals surface area contributed by atoms with Crippen LogP contribution in [0.15, 0.2) is 0 Å². The molecule has 0 aliphatic heterocycles. The van der Waals surface area contributed by atoms with E-state index in [1.54, 1.807) is 0 Å². The van der Waals surface area contributed by atoms with Crippen LogP contribution >= 0.6 is 0 Å². The first kappa shape index (κ1) is 16.1. The molecule has 0 fully saturated rings. The zero-order valence-corrected chi connectivity index (χ0v) is 7.28. The molecule has 0 heterocycles. The number of hydrogen-bond donors (Lipinski definition) is 0. The second-order valence-electron chi connectivity index (χ2n) is 1.63. The van der Waals surface area contributed by atoms with Crippen LogP contribution in [0.25, 0.3) is 0 Å². The van der Waals surface area contributed by atoms with E-state index in [2.05, 4.69) is 40.5 Å². The summed E-state index contributed by atoms with van der Waals surface area (Å²) in [5, 5.41) is 0. The van der Waals surface area contributed by atoms with Crippen LogP contribution in [0.4, 0.5) is 0 Å². The van der Waals surface area contributed by atoms with Crippen LogP contribution in [0, 0.1) is 12.8 Å². The van der Waals surface area contributed by atoms with Crippen LogP contribution in [0.2, 0.25) is 0 Å². The predicted molar refractivity (Wildman–Crippen MR) is 46.3 cm³/mol. The van der Waals surface area contributed by atoms with Gasteiger partial charge in [-0.25, -0.2) is 0 Å². The molecule has 0 aromatic rings. The van der Waals surface area contributed by atoms with Crippen molar-refractivity contribution in [1.82, 2.24) is 0 Å². The van der Waals surface area contributed by atoms with Gasteiger partial charge in [-0.1, -0.05) is 13.8 Å². The predicted octanol–water partition coefficient (Wildman–Crippen LogP) is 2.86. The van der Waals surface area contributed by atoms with E-state index in [9.17, 15) is 0 Å². The Labute approximate surface area is 64.3 Å². The van der Waals surface area contributed by atoms with Gasteiger partial charge >= 0.3 is 10.1 Å². The van der Waals surface area contributed by atoms with E-state index in [0.29, 0.717) is 0 Å². The molecule has 0 aromatic heterocycles. The molecule has 0 saturated carbocycles. The van der Waals surface area contributed by atoms with E-state index < -0.39 is 0 Å². The molecular formula is C8H18Be. The fourth-order valence-electron chi connectivity index (χ4n) is 0. The van der Waals surface area contributed by atoms with Gasteiger partial charge in [-0.05, 0) is 0 Å². The third-order valence-electron chi connectivity index (χ3n) is 0.816. The van der Waals surface area contributed by atoms with Gasteiger partial charge in [0.05, 0.1) is 0 Å². The van der Waals surface area contributed by atoms with Crippen molar-refractivity contribution < 1.29 is 0 Å². The van der Waals surface area contributed by atoms with Crippen molar-refractivity contribution in [1.29, 1.82) is 0 Å². The van der Waals surface area contributed by atoms with Gasteiger partial charge in [-0.15, -0.1) is 0 Å². The van der Waals surface area contributed by atoms with Gasteiger partial charge in [0.2, 0.25) is 0 Å². The summed E-state index contributed by atoms with van der Waals surface area (Å²) >= 11 is 0. The minimum absolute atomic E-state index is 0. The Balaban J connectivity index is -0.0000000720. The summed E-state index contributed by atoms with van der Waals surface area (Å²) in [6, 6.07) is 0. The summed E-state index contributed by atoms with van der Waals surface area (Å²) in [6.45, 7) is 8.36. The summed E-state index contributed by atoms with van der Waals surface area (Å²) in [7, 11) is 0. The molecule has 0 amide bonds. The standard InChI is InChI=1S/2C4H9.Be/c2*1-3-4-2;/h2*3H,4H2,1-2H3;/q2*-1;+2. The Hall–Kier alpha value is 0.169. The fraction of sp³-hybridized carbons (Fsp3) is 0.750. The minimum Gasteiger partial charge on any atom is -0.332 e. The summed E-state index contributed by atoms with van der Waals surface area (Å²) in [4.78, 5) is 0. The van der Waals surface area contributed by atoms with Crippen molar-refractivity contribution in [2.75, 3.05) is 0 Å². The van der Waals surface area contributed by atoms with Gasteiger partial charge in [0.25, 0.3) is 0 Å². The SMILES string of the molecule is C[CH-]CC.C[CH-]CC.[Be+2]. The largest absolute Gasteiger partial charge is 2.00 e. The molecule has 0 nitrogen and oxygen atoms in total. The minimum atomic E-state index is 0. The van der Waals surface area contributed by atoms with Crippen LogP contribution in [0.3, 0.4) is 0 Å². The van der Waals surface area contributed by atoms with E-state index in [-0.39, 0.29) is 10.1 Å². The molecule has 0 aromatic carbocycles. The molecule has 0 bridgehead atoms. The Kier molecular flexibility index (Phi) is 43.2. The van der Waals surface area contributed by atoms with Crippen molar-refractivity contribution in [2.24, 2.45) is 0 Å². The molecule has 0 atom stereocenters. The Morgan fingerprint density at radius 1 is 0.889 bits per heavy atom. The zero-order chi connectivity index (χ0) is 6.83. The van der Waals surface area contributed by atoms with E-state index in [4.69, 9.17) is 0 Å². The smallest absolute Gasteiger partial charge is 0.332 e. The average Bonchev–Trinajstić information content (AvgIpc) is 1.88. The molecule has 0 aliphatic rings.